The van der Waals surface area contributed by atoms with E-state index in [0.717, 1.165) is 0 Å². The van der Waals surface area contributed by atoms with Crippen molar-refractivity contribution in [2.45, 2.75) is 40.2 Å². The van der Waals surface area contributed by atoms with Crippen LogP contribution in [0.2, 0.25) is 0 Å². The third-order valence-corrected chi connectivity index (χ3v) is 3.03. The summed E-state index contributed by atoms with van der Waals surface area (Å²) in [7, 11) is 0. The average Bonchev–Trinajstić information content (AvgIpc) is 2.42. The highest BCUT2D eigenvalue weighted by molar-refractivity contribution is 5.94. The molecule has 0 aromatic heterocycles. The van der Waals surface area contributed by atoms with Gasteiger partial charge in [0.2, 0.25) is 0 Å². The molecule has 1 aromatic carbocycles. The highest BCUT2D eigenvalue weighted by atomic mass is 16.5. The molecule has 0 saturated carbocycles. The number of carbonyl (C=O) groups excluding carboxylic acids is 1. The predicted molar refractivity (Wildman–Crippen MR) is 84.6 cm³/mol. The number of ether oxygens (including phenoxy) is 1. The highest BCUT2D eigenvalue weighted by Gasteiger charge is 2.10. The van der Waals surface area contributed by atoms with E-state index < -0.39 is 0 Å². The molecule has 0 fully saturated rings. The van der Waals surface area contributed by atoms with Crippen LogP contribution in [-0.2, 0) is 0 Å². The number of aliphatic hydroxyl groups excluding tert-OH is 1. The second kappa shape index (κ2) is 8.67. The predicted octanol–water partition coefficient (Wildman–Crippen LogP) is 2.86. The molecule has 2 N–H and O–H groups in total. The molecule has 118 valence electrons. The third-order valence-electron chi connectivity index (χ3n) is 3.03. The van der Waals surface area contributed by atoms with Crippen LogP contribution in [-0.4, -0.2) is 30.3 Å². The van der Waals surface area contributed by atoms with Crippen LogP contribution in [0.15, 0.2) is 24.3 Å². The van der Waals surface area contributed by atoms with Gasteiger partial charge in [-0.3, -0.25) is 4.79 Å². The third kappa shape index (κ3) is 7.14. The molecular formula is C17H27NO3. The van der Waals surface area contributed by atoms with Gasteiger partial charge in [-0.1, -0.05) is 26.8 Å². The summed E-state index contributed by atoms with van der Waals surface area (Å²) in [6.07, 6.45) is 0.335. The molecule has 0 bridgehead atoms. The van der Waals surface area contributed by atoms with Crippen molar-refractivity contribution in [3.8, 4) is 5.75 Å². The topological polar surface area (TPSA) is 58.6 Å². The van der Waals surface area contributed by atoms with Crippen molar-refractivity contribution >= 4 is 5.91 Å². The molecule has 0 aliphatic heterocycles. The summed E-state index contributed by atoms with van der Waals surface area (Å²) < 4.78 is 5.62. The Kier molecular flexibility index (Phi) is 7.23. The van der Waals surface area contributed by atoms with Gasteiger partial charge in [0.1, 0.15) is 5.75 Å². The second-order valence-corrected chi connectivity index (χ2v) is 6.13. The summed E-state index contributed by atoms with van der Waals surface area (Å²) >= 11 is 0. The van der Waals surface area contributed by atoms with E-state index in [-0.39, 0.29) is 17.9 Å². The van der Waals surface area contributed by atoms with E-state index in [0.29, 0.717) is 36.8 Å². The maximum absolute atomic E-state index is 12.1. The first-order valence-corrected chi connectivity index (χ1v) is 7.57. The summed E-state index contributed by atoms with van der Waals surface area (Å²) in [5, 5.41) is 12.2. The molecule has 2 unspecified atom stereocenters. The van der Waals surface area contributed by atoms with Gasteiger partial charge >= 0.3 is 0 Å². The maximum atomic E-state index is 12.1. The number of hydrogen-bond donors (Lipinski definition) is 2. The van der Waals surface area contributed by atoms with Crippen LogP contribution in [0.3, 0.4) is 0 Å². The number of hydrogen-bond acceptors (Lipinski definition) is 3. The number of aliphatic hydroxyl groups is 1. The summed E-state index contributed by atoms with van der Waals surface area (Å²) in [5.74, 6) is 1.30. The van der Waals surface area contributed by atoms with Crippen LogP contribution in [0.25, 0.3) is 0 Å². The van der Waals surface area contributed by atoms with Gasteiger partial charge in [-0.25, -0.2) is 0 Å². The van der Waals surface area contributed by atoms with Gasteiger partial charge < -0.3 is 15.2 Å². The van der Waals surface area contributed by atoms with Gasteiger partial charge in [0.15, 0.2) is 0 Å². The number of benzene rings is 1. The Bertz CT molecular complexity index is 443. The Morgan fingerprint density at radius 3 is 2.62 bits per heavy atom. The Hall–Kier alpha value is -1.55. The molecule has 0 radical (unpaired) electrons. The van der Waals surface area contributed by atoms with E-state index in [1.807, 2.05) is 19.1 Å². The van der Waals surface area contributed by atoms with Gasteiger partial charge in [0, 0.05) is 12.1 Å². The van der Waals surface area contributed by atoms with Crippen molar-refractivity contribution in [2.24, 2.45) is 11.8 Å². The van der Waals surface area contributed by atoms with Gasteiger partial charge in [-0.05, 0) is 43.4 Å². The molecule has 4 nitrogen and oxygen atoms in total. The molecule has 1 aromatic rings. The minimum atomic E-state index is -0.343. The number of carbonyl (C=O) groups is 1. The fourth-order valence-electron chi connectivity index (χ4n) is 2.02. The van der Waals surface area contributed by atoms with Crippen molar-refractivity contribution in [2.75, 3.05) is 13.2 Å². The molecule has 0 spiro atoms. The van der Waals surface area contributed by atoms with Crippen LogP contribution in [0.4, 0.5) is 0 Å². The number of amides is 1. The maximum Gasteiger partial charge on any atom is 0.251 e. The first-order chi connectivity index (χ1) is 9.88. The average molecular weight is 293 g/mol. The molecule has 0 saturated heterocycles. The zero-order valence-electron chi connectivity index (χ0n) is 13.4. The fraction of sp³-hybridized carbons (Fsp3) is 0.588. The van der Waals surface area contributed by atoms with Gasteiger partial charge in [-0.15, -0.1) is 0 Å². The minimum absolute atomic E-state index is 0.109. The molecule has 0 aliphatic rings. The van der Waals surface area contributed by atoms with Crippen molar-refractivity contribution in [3.63, 3.8) is 0 Å². The van der Waals surface area contributed by atoms with Crippen molar-refractivity contribution in [1.82, 2.24) is 5.32 Å². The Morgan fingerprint density at radius 2 is 2.00 bits per heavy atom. The lowest BCUT2D eigenvalue weighted by molar-refractivity contribution is 0.0939. The first-order valence-electron chi connectivity index (χ1n) is 7.57. The minimum Gasteiger partial charge on any atom is -0.493 e. The quantitative estimate of drug-likeness (QED) is 0.775. The largest absolute Gasteiger partial charge is 0.493 e. The van der Waals surface area contributed by atoms with Crippen LogP contribution in [0.5, 0.6) is 5.75 Å². The summed E-state index contributed by atoms with van der Waals surface area (Å²) in [4.78, 5) is 12.1. The Labute approximate surface area is 127 Å². The van der Waals surface area contributed by atoms with Crippen molar-refractivity contribution < 1.29 is 14.6 Å². The standard InChI is InChI=1S/C17H27NO3/c1-12(2)11-21-16-7-5-6-15(9-16)17(20)18-10-13(3)8-14(4)19/h5-7,9,12-14,19H,8,10-11H2,1-4H3,(H,18,20). The molecule has 1 amide bonds. The van der Waals surface area contributed by atoms with E-state index in [1.54, 1.807) is 19.1 Å². The summed E-state index contributed by atoms with van der Waals surface area (Å²) in [5.41, 5.74) is 0.598. The van der Waals surface area contributed by atoms with Gasteiger partial charge in [0.25, 0.3) is 5.91 Å². The number of rotatable bonds is 8. The van der Waals surface area contributed by atoms with E-state index in [2.05, 4.69) is 19.2 Å². The summed E-state index contributed by atoms with van der Waals surface area (Å²) in [6, 6.07) is 7.22. The van der Waals surface area contributed by atoms with Crippen molar-refractivity contribution in [1.29, 1.82) is 0 Å². The van der Waals surface area contributed by atoms with Gasteiger partial charge in [0.05, 0.1) is 12.7 Å². The van der Waals surface area contributed by atoms with Crippen LogP contribution in [0, 0.1) is 11.8 Å². The molecule has 0 heterocycles. The van der Waals surface area contributed by atoms with Crippen LogP contribution >= 0.6 is 0 Å². The van der Waals surface area contributed by atoms with E-state index in [9.17, 15) is 9.90 Å². The van der Waals surface area contributed by atoms with Crippen LogP contribution in [0.1, 0.15) is 44.5 Å². The van der Waals surface area contributed by atoms with E-state index in [1.165, 1.54) is 0 Å². The van der Waals surface area contributed by atoms with Crippen molar-refractivity contribution in [3.05, 3.63) is 29.8 Å². The zero-order chi connectivity index (χ0) is 15.8. The normalized spacial score (nSPS) is 13.8. The lowest BCUT2D eigenvalue weighted by Gasteiger charge is -2.14. The monoisotopic (exact) mass is 293 g/mol. The molecule has 0 aliphatic carbocycles. The van der Waals surface area contributed by atoms with Gasteiger partial charge in [-0.2, -0.15) is 0 Å². The molecule has 1 rings (SSSR count). The molecule has 21 heavy (non-hydrogen) atoms. The SMILES string of the molecule is CC(C)COc1cccc(C(=O)NCC(C)CC(C)O)c1. The van der Waals surface area contributed by atoms with E-state index >= 15 is 0 Å². The highest BCUT2D eigenvalue weighted by Crippen LogP contribution is 2.14. The number of nitrogens with one attached hydrogen (secondary N) is 1. The smallest absolute Gasteiger partial charge is 0.251 e. The molecule has 4 heteroatoms. The molecule has 2 atom stereocenters. The lowest BCUT2D eigenvalue weighted by Crippen LogP contribution is -2.29. The molecular weight excluding hydrogens is 266 g/mol. The Morgan fingerprint density at radius 1 is 1.29 bits per heavy atom. The summed E-state index contributed by atoms with van der Waals surface area (Å²) in [6.45, 7) is 9.13. The van der Waals surface area contributed by atoms with E-state index in [4.69, 9.17) is 4.74 Å². The lowest BCUT2D eigenvalue weighted by atomic mass is 10.0. The second-order valence-electron chi connectivity index (χ2n) is 6.13. The van der Waals surface area contributed by atoms with Crippen LogP contribution < -0.4 is 10.1 Å². The first kappa shape index (κ1) is 17.5. The Balaban J connectivity index is 2.52. The fourth-order valence-corrected chi connectivity index (χ4v) is 2.02. The zero-order valence-corrected chi connectivity index (χ0v) is 13.4.